The van der Waals surface area contributed by atoms with Crippen LogP contribution in [0.1, 0.15) is 56.1 Å². The second-order valence-electron chi connectivity index (χ2n) is 7.61. The van der Waals surface area contributed by atoms with E-state index in [2.05, 4.69) is 41.2 Å². The molecule has 1 aliphatic rings. The summed E-state index contributed by atoms with van der Waals surface area (Å²) in [5.41, 5.74) is 2.43. The molecule has 0 spiro atoms. The Kier molecular flexibility index (Phi) is 5.02. The molecule has 2 aromatic rings. The first-order valence-electron chi connectivity index (χ1n) is 8.94. The summed E-state index contributed by atoms with van der Waals surface area (Å²) in [6.45, 7) is 8.53. The molecular formula is C20H26N4O. The number of nitrogens with one attached hydrogen (secondary N) is 1. The summed E-state index contributed by atoms with van der Waals surface area (Å²) in [6.07, 6.45) is 3.65. The van der Waals surface area contributed by atoms with Gasteiger partial charge in [-0.1, -0.05) is 32.9 Å². The van der Waals surface area contributed by atoms with E-state index in [0.717, 1.165) is 24.6 Å². The monoisotopic (exact) mass is 338 g/mol. The second kappa shape index (κ2) is 7.21. The van der Waals surface area contributed by atoms with Crippen LogP contribution in [0.5, 0.6) is 0 Å². The Bertz CT molecular complexity index is 711. The van der Waals surface area contributed by atoms with Crippen LogP contribution in [-0.2, 0) is 5.41 Å². The topological polar surface area (TPSA) is 58.1 Å². The van der Waals surface area contributed by atoms with Crippen molar-refractivity contribution in [1.82, 2.24) is 10.2 Å². The quantitative estimate of drug-likeness (QED) is 0.918. The summed E-state index contributed by atoms with van der Waals surface area (Å²) in [4.78, 5) is 14.6. The largest absolute Gasteiger partial charge is 0.355 e. The minimum Gasteiger partial charge on any atom is -0.355 e. The number of anilines is 2. The van der Waals surface area contributed by atoms with Crippen LogP contribution in [0.2, 0.25) is 0 Å². The number of carbonyl (C=O) groups excluding carboxylic acids is 1. The van der Waals surface area contributed by atoms with E-state index < -0.39 is 0 Å². The molecule has 1 aromatic carbocycles. The Morgan fingerprint density at radius 1 is 0.960 bits per heavy atom. The normalized spacial score (nSPS) is 15.1. The Hall–Kier alpha value is -2.43. The van der Waals surface area contributed by atoms with E-state index in [1.54, 1.807) is 6.07 Å². The van der Waals surface area contributed by atoms with Crippen molar-refractivity contribution < 1.29 is 4.79 Å². The van der Waals surface area contributed by atoms with Gasteiger partial charge in [-0.2, -0.15) is 0 Å². The SMILES string of the molecule is CC(C)(C)c1ccc(NC(=O)c2ccc(N3CCCCC3)nn2)cc1. The summed E-state index contributed by atoms with van der Waals surface area (Å²) in [7, 11) is 0. The zero-order valence-corrected chi connectivity index (χ0v) is 15.2. The summed E-state index contributed by atoms with van der Waals surface area (Å²) >= 11 is 0. The number of carbonyl (C=O) groups is 1. The zero-order chi connectivity index (χ0) is 17.9. The number of piperidine rings is 1. The number of hydrogen-bond donors (Lipinski definition) is 1. The van der Waals surface area contributed by atoms with Crippen molar-refractivity contribution >= 4 is 17.4 Å². The molecule has 0 atom stereocenters. The van der Waals surface area contributed by atoms with Crippen LogP contribution >= 0.6 is 0 Å². The minimum absolute atomic E-state index is 0.0955. The van der Waals surface area contributed by atoms with Crippen molar-refractivity contribution in [3.63, 3.8) is 0 Å². The van der Waals surface area contributed by atoms with E-state index >= 15 is 0 Å². The highest BCUT2D eigenvalue weighted by molar-refractivity contribution is 6.02. The lowest BCUT2D eigenvalue weighted by Crippen LogP contribution is -2.30. The number of benzene rings is 1. The Labute approximate surface area is 149 Å². The van der Waals surface area contributed by atoms with Crippen LogP contribution < -0.4 is 10.2 Å². The van der Waals surface area contributed by atoms with Gasteiger partial charge in [-0.25, -0.2) is 0 Å². The van der Waals surface area contributed by atoms with Gasteiger partial charge in [0.05, 0.1) is 0 Å². The van der Waals surface area contributed by atoms with Gasteiger partial charge in [0.25, 0.3) is 5.91 Å². The summed E-state index contributed by atoms with van der Waals surface area (Å²) in [6, 6.07) is 11.6. The molecule has 0 unspecified atom stereocenters. The van der Waals surface area contributed by atoms with Crippen molar-refractivity contribution in [1.29, 1.82) is 0 Å². The molecule has 0 radical (unpaired) electrons. The molecule has 5 nitrogen and oxygen atoms in total. The molecule has 0 bridgehead atoms. The van der Waals surface area contributed by atoms with Gasteiger partial charge < -0.3 is 10.2 Å². The van der Waals surface area contributed by atoms with E-state index in [1.165, 1.54) is 24.8 Å². The fourth-order valence-corrected chi connectivity index (χ4v) is 2.99. The van der Waals surface area contributed by atoms with Crippen LogP contribution in [0.25, 0.3) is 0 Å². The number of hydrogen-bond acceptors (Lipinski definition) is 4. The lowest BCUT2D eigenvalue weighted by molar-refractivity contribution is 0.102. The molecule has 3 rings (SSSR count). The molecule has 1 saturated heterocycles. The average Bonchev–Trinajstić information content (AvgIpc) is 2.62. The lowest BCUT2D eigenvalue weighted by atomic mass is 9.87. The molecule has 0 aliphatic carbocycles. The smallest absolute Gasteiger partial charge is 0.276 e. The molecule has 1 aliphatic heterocycles. The predicted octanol–water partition coefficient (Wildman–Crippen LogP) is 4.02. The van der Waals surface area contributed by atoms with Gasteiger partial charge in [-0.15, -0.1) is 10.2 Å². The van der Waals surface area contributed by atoms with Gasteiger partial charge >= 0.3 is 0 Å². The van der Waals surface area contributed by atoms with Gasteiger partial charge in [0.2, 0.25) is 0 Å². The van der Waals surface area contributed by atoms with Crippen molar-refractivity contribution in [2.75, 3.05) is 23.3 Å². The summed E-state index contributed by atoms with van der Waals surface area (Å²) in [5, 5.41) is 11.2. The lowest BCUT2D eigenvalue weighted by Gasteiger charge is -2.27. The molecule has 1 aromatic heterocycles. The number of aromatic nitrogens is 2. The molecule has 1 N–H and O–H groups in total. The predicted molar refractivity (Wildman–Crippen MR) is 101 cm³/mol. The van der Waals surface area contributed by atoms with Crippen molar-refractivity contribution in [3.05, 3.63) is 47.7 Å². The third-order valence-electron chi connectivity index (χ3n) is 4.57. The molecule has 2 heterocycles. The van der Waals surface area contributed by atoms with E-state index in [1.807, 2.05) is 30.3 Å². The molecule has 25 heavy (non-hydrogen) atoms. The van der Waals surface area contributed by atoms with Crippen LogP contribution in [0.3, 0.4) is 0 Å². The van der Waals surface area contributed by atoms with Gasteiger partial charge in [0.15, 0.2) is 11.5 Å². The molecule has 1 fully saturated rings. The first-order chi connectivity index (χ1) is 11.9. The van der Waals surface area contributed by atoms with E-state index in [4.69, 9.17) is 0 Å². The van der Waals surface area contributed by atoms with Gasteiger partial charge in [0, 0.05) is 18.8 Å². The van der Waals surface area contributed by atoms with Crippen LogP contribution in [0.15, 0.2) is 36.4 Å². The van der Waals surface area contributed by atoms with Crippen LogP contribution in [-0.4, -0.2) is 29.2 Å². The maximum absolute atomic E-state index is 12.4. The maximum Gasteiger partial charge on any atom is 0.276 e. The van der Waals surface area contributed by atoms with Crippen molar-refractivity contribution in [2.45, 2.75) is 45.4 Å². The number of amides is 1. The maximum atomic E-state index is 12.4. The molecular weight excluding hydrogens is 312 g/mol. The fraction of sp³-hybridized carbons (Fsp3) is 0.450. The Morgan fingerprint density at radius 2 is 1.64 bits per heavy atom. The van der Waals surface area contributed by atoms with Gasteiger partial charge in [-0.3, -0.25) is 4.79 Å². The average molecular weight is 338 g/mol. The highest BCUT2D eigenvalue weighted by atomic mass is 16.1. The third kappa shape index (κ3) is 4.35. The molecule has 5 heteroatoms. The van der Waals surface area contributed by atoms with Crippen LogP contribution in [0, 0.1) is 0 Å². The van der Waals surface area contributed by atoms with E-state index in [9.17, 15) is 4.79 Å². The zero-order valence-electron chi connectivity index (χ0n) is 15.2. The fourth-order valence-electron chi connectivity index (χ4n) is 2.99. The molecule has 1 amide bonds. The Balaban J connectivity index is 1.64. The highest BCUT2D eigenvalue weighted by Gasteiger charge is 2.15. The van der Waals surface area contributed by atoms with Crippen LogP contribution in [0.4, 0.5) is 11.5 Å². The van der Waals surface area contributed by atoms with Crippen molar-refractivity contribution in [3.8, 4) is 0 Å². The van der Waals surface area contributed by atoms with Gasteiger partial charge in [0.1, 0.15) is 0 Å². The van der Waals surface area contributed by atoms with E-state index in [-0.39, 0.29) is 11.3 Å². The summed E-state index contributed by atoms with van der Waals surface area (Å²) < 4.78 is 0. The minimum atomic E-state index is -0.235. The summed E-state index contributed by atoms with van der Waals surface area (Å²) in [5.74, 6) is 0.618. The molecule has 0 saturated carbocycles. The number of nitrogens with zero attached hydrogens (tertiary/aromatic N) is 3. The first kappa shape index (κ1) is 17.4. The Morgan fingerprint density at radius 3 is 2.20 bits per heavy atom. The van der Waals surface area contributed by atoms with Gasteiger partial charge in [-0.05, 0) is 54.5 Å². The van der Waals surface area contributed by atoms with E-state index in [0.29, 0.717) is 5.69 Å². The third-order valence-corrected chi connectivity index (χ3v) is 4.57. The first-order valence-corrected chi connectivity index (χ1v) is 8.94. The standard InChI is InChI=1S/C20H26N4O/c1-20(2,3)15-7-9-16(10-8-15)21-19(25)17-11-12-18(23-22-17)24-13-5-4-6-14-24/h7-12H,4-6,13-14H2,1-3H3,(H,21,25). The second-order valence-corrected chi connectivity index (χ2v) is 7.61. The highest BCUT2D eigenvalue weighted by Crippen LogP contribution is 2.23. The van der Waals surface area contributed by atoms with Crippen molar-refractivity contribution in [2.24, 2.45) is 0 Å². The number of rotatable bonds is 3. The molecule has 132 valence electrons.